The second-order valence-corrected chi connectivity index (χ2v) is 7.96. The Morgan fingerprint density at radius 3 is 2.40 bits per heavy atom. The van der Waals surface area contributed by atoms with Crippen molar-refractivity contribution in [2.45, 2.75) is 39.2 Å². The van der Waals surface area contributed by atoms with Gasteiger partial charge in [-0.15, -0.1) is 0 Å². The number of nitriles is 3. The first-order valence-corrected chi connectivity index (χ1v) is 9.68. The van der Waals surface area contributed by atoms with Gasteiger partial charge in [0.2, 0.25) is 0 Å². The number of allylic oxidation sites excluding steroid dienone is 2. The molecule has 0 saturated carbocycles. The van der Waals surface area contributed by atoms with E-state index in [0.29, 0.717) is 37.1 Å². The average molecular weight is 407 g/mol. The van der Waals surface area contributed by atoms with Crippen LogP contribution in [0.4, 0.5) is 10.5 Å². The molecule has 0 bridgehead atoms. The third-order valence-electron chi connectivity index (χ3n) is 4.44. The lowest BCUT2D eigenvalue weighted by Crippen LogP contribution is -2.42. The van der Waals surface area contributed by atoms with E-state index in [1.54, 1.807) is 41.3 Å². The minimum absolute atomic E-state index is 0.105. The predicted molar refractivity (Wildman–Crippen MR) is 110 cm³/mol. The molecular weight excluding hydrogens is 382 g/mol. The van der Waals surface area contributed by atoms with Gasteiger partial charge in [0.1, 0.15) is 35.3 Å². The van der Waals surface area contributed by atoms with Crippen LogP contribution in [0, 0.1) is 39.9 Å². The number of piperidine rings is 1. The molecule has 0 radical (unpaired) electrons. The van der Waals surface area contributed by atoms with Crippen LogP contribution < -0.4 is 10.1 Å². The van der Waals surface area contributed by atoms with Gasteiger partial charge in [-0.3, -0.25) is 0 Å². The lowest BCUT2D eigenvalue weighted by Gasteiger charge is -2.33. The van der Waals surface area contributed by atoms with E-state index in [4.69, 9.17) is 25.3 Å². The molecule has 0 spiro atoms. The molecule has 0 unspecified atom stereocenters. The summed E-state index contributed by atoms with van der Waals surface area (Å²) in [5, 5.41) is 29.8. The smallest absolute Gasteiger partial charge is 0.410 e. The van der Waals surface area contributed by atoms with Crippen molar-refractivity contribution in [1.82, 2.24) is 4.90 Å². The van der Waals surface area contributed by atoms with Gasteiger partial charge in [0, 0.05) is 24.8 Å². The SMILES string of the molecule is CC(C)(C)OC(=O)N1CCC(COc2cccc(NC(C#N)=C(C#N)C#N)c2)CC1. The van der Waals surface area contributed by atoms with Crippen molar-refractivity contribution >= 4 is 11.8 Å². The van der Waals surface area contributed by atoms with Gasteiger partial charge in [0.15, 0.2) is 5.57 Å². The maximum Gasteiger partial charge on any atom is 0.410 e. The first-order chi connectivity index (χ1) is 14.3. The average Bonchev–Trinajstić information content (AvgIpc) is 2.71. The maximum absolute atomic E-state index is 12.1. The lowest BCUT2D eigenvalue weighted by molar-refractivity contribution is 0.0165. The van der Waals surface area contributed by atoms with Crippen molar-refractivity contribution in [2.75, 3.05) is 25.0 Å². The fraction of sp³-hybridized carbons (Fsp3) is 0.455. The molecular formula is C22H25N5O3. The molecule has 0 aromatic heterocycles. The molecule has 2 rings (SSSR count). The molecule has 1 aliphatic heterocycles. The number of nitrogens with one attached hydrogen (secondary N) is 1. The van der Waals surface area contributed by atoms with Crippen LogP contribution in [0.3, 0.4) is 0 Å². The number of carbonyl (C=O) groups is 1. The van der Waals surface area contributed by atoms with Gasteiger partial charge in [-0.25, -0.2) is 4.79 Å². The van der Waals surface area contributed by atoms with Gasteiger partial charge in [0.25, 0.3) is 0 Å². The number of carbonyl (C=O) groups excluding carboxylic acids is 1. The first kappa shape index (κ1) is 22.6. The lowest BCUT2D eigenvalue weighted by atomic mass is 9.98. The van der Waals surface area contributed by atoms with Crippen LogP contribution >= 0.6 is 0 Å². The van der Waals surface area contributed by atoms with Crippen LogP contribution in [0.1, 0.15) is 33.6 Å². The second kappa shape index (κ2) is 10.2. The molecule has 0 aliphatic carbocycles. The number of nitrogens with zero attached hydrogens (tertiary/aromatic N) is 4. The number of hydrogen-bond donors (Lipinski definition) is 1. The fourth-order valence-corrected chi connectivity index (χ4v) is 2.91. The fourth-order valence-electron chi connectivity index (χ4n) is 2.91. The molecule has 30 heavy (non-hydrogen) atoms. The van der Waals surface area contributed by atoms with Gasteiger partial charge in [-0.05, 0) is 51.7 Å². The Morgan fingerprint density at radius 1 is 1.17 bits per heavy atom. The highest BCUT2D eigenvalue weighted by Gasteiger charge is 2.27. The van der Waals surface area contributed by atoms with Crippen LogP contribution in [0.15, 0.2) is 35.5 Å². The van der Waals surface area contributed by atoms with Gasteiger partial charge >= 0.3 is 6.09 Å². The van der Waals surface area contributed by atoms with E-state index in [1.165, 1.54) is 0 Å². The minimum Gasteiger partial charge on any atom is -0.493 e. The van der Waals surface area contributed by atoms with Gasteiger partial charge in [0.05, 0.1) is 6.61 Å². The molecule has 1 heterocycles. The quantitative estimate of drug-likeness (QED) is 0.733. The Kier molecular flexibility index (Phi) is 7.67. The number of rotatable bonds is 5. The largest absolute Gasteiger partial charge is 0.493 e. The van der Waals surface area contributed by atoms with E-state index in [0.717, 1.165) is 12.8 Å². The summed E-state index contributed by atoms with van der Waals surface area (Å²) in [6.07, 6.45) is 1.37. The van der Waals surface area contributed by atoms with E-state index < -0.39 is 5.60 Å². The van der Waals surface area contributed by atoms with Gasteiger partial charge in [-0.2, -0.15) is 15.8 Å². The molecule has 1 N–H and O–H groups in total. The van der Waals surface area contributed by atoms with E-state index >= 15 is 0 Å². The number of benzene rings is 1. The topological polar surface area (TPSA) is 122 Å². The molecule has 1 amide bonds. The molecule has 1 saturated heterocycles. The molecule has 0 atom stereocenters. The summed E-state index contributed by atoms with van der Waals surface area (Å²) in [6, 6.07) is 12.2. The summed E-state index contributed by atoms with van der Waals surface area (Å²) >= 11 is 0. The van der Waals surface area contributed by atoms with E-state index in [2.05, 4.69) is 5.32 Å². The van der Waals surface area contributed by atoms with Crippen molar-refractivity contribution in [3.8, 4) is 24.0 Å². The van der Waals surface area contributed by atoms with Crippen LogP contribution in [-0.2, 0) is 4.74 Å². The van der Waals surface area contributed by atoms with Crippen molar-refractivity contribution in [1.29, 1.82) is 15.8 Å². The molecule has 1 fully saturated rings. The first-order valence-electron chi connectivity index (χ1n) is 9.68. The van der Waals surface area contributed by atoms with E-state index in [9.17, 15) is 4.79 Å². The van der Waals surface area contributed by atoms with Crippen molar-refractivity contribution in [3.63, 3.8) is 0 Å². The summed E-state index contributed by atoms with van der Waals surface area (Å²) in [7, 11) is 0. The van der Waals surface area contributed by atoms with Crippen LogP contribution in [0.5, 0.6) is 5.75 Å². The molecule has 156 valence electrons. The number of anilines is 1. The number of hydrogen-bond acceptors (Lipinski definition) is 7. The zero-order chi connectivity index (χ0) is 22.1. The van der Waals surface area contributed by atoms with Crippen LogP contribution in [0.25, 0.3) is 0 Å². The summed E-state index contributed by atoms with van der Waals surface area (Å²) in [5.74, 6) is 0.931. The summed E-state index contributed by atoms with van der Waals surface area (Å²) in [6.45, 7) is 7.33. The van der Waals surface area contributed by atoms with Crippen molar-refractivity contribution in [3.05, 3.63) is 35.5 Å². The van der Waals surface area contributed by atoms with E-state index in [-0.39, 0.29) is 17.4 Å². The van der Waals surface area contributed by atoms with Crippen molar-refractivity contribution < 1.29 is 14.3 Å². The normalized spacial score (nSPS) is 13.9. The molecule has 8 heteroatoms. The van der Waals surface area contributed by atoms with Gasteiger partial charge in [-0.1, -0.05) is 6.07 Å². The zero-order valence-corrected chi connectivity index (χ0v) is 17.4. The Morgan fingerprint density at radius 2 is 1.83 bits per heavy atom. The van der Waals surface area contributed by atoms with Crippen LogP contribution in [-0.4, -0.2) is 36.3 Å². The maximum atomic E-state index is 12.1. The highest BCUT2D eigenvalue weighted by atomic mass is 16.6. The Balaban J connectivity index is 1.88. The minimum atomic E-state index is -0.502. The molecule has 8 nitrogen and oxygen atoms in total. The zero-order valence-electron chi connectivity index (χ0n) is 17.4. The highest BCUT2D eigenvalue weighted by molar-refractivity contribution is 5.68. The second-order valence-electron chi connectivity index (χ2n) is 7.96. The predicted octanol–water partition coefficient (Wildman–Crippen LogP) is 3.95. The third-order valence-corrected chi connectivity index (χ3v) is 4.44. The third kappa shape index (κ3) is 6.72. The number of ether oxygens (including phenoxy) is 2. The molecule has 1 aliphatic rings. The van der Waals surface area contributed by atoms with Crippen molar-refractivity contribution in [2.24, 2.45) is 5.92 Å². The summed E-state index contributed by atoms with van der Waals surface area (Å²) < 4.78 is 11.3. The Hall–Kier alpha value is -3.70. The molecule has 1 aromatic rings. The number of amides is 1. The van der Waals surface area contributed by atoms with Gasteiger partial charge < -0.3 is 19.7 Å². The summed E-state index contributed by atoms with van der Waals surface area (Å²) in [4.78, 5) is 13.9. The monoisotopic (exact) mass is 407 g/mol. The number of likely N-dealkylation sites (tertiary alicyclic amines) is 1. The Bertz CT molecular complexity index is 904. The Labute approximate surface area is 176 Å². The molecule has 1 aromatic carbocycles. The van der Waals surface area contributed by atoms with E-state index in [1.807, 2.05) is 26.8 Å². The highest BCUT2D eigenvalue weighted by Crippen LogP contribution is 2.23. The standard InChI is InChI=1S/C22H25N5O3/c1-22(2,3)30-21(28)27-9-7-16(8-10-27)15-29-19-6-4-5-18(11-19)26-20(14-25)17(12-23)13-24/h4-6,11,16,26H,7-10,15H2,1-3H3. The summed E-state index contributed by atoms with van der Waals surface area (Å²) in [5.41, 5.74) is -0.336. The van der Waals surface area contributed by atoms with Crippen LogP contribution in [0.2, 0.25) is 0 Å².